The molecular weight excluding hydrogens is 252 g/mol. The molecule has 1 fully saturated rings. The second-order valence-corrected chi connectivity index (χ2v) is 4.52. The normalized spacial score (nSPS) is 13.9. The van der Waals surface area contributed by atoms with Crippen molar-refractivity contribution in [2.75, 3.05) is 20.3 Å². The number of amides is 3. The molecule has 1 aliphatic rings. The molecule has 0 aliphatic heterocycles. The predicted octanol–water partition coefficient (Wildman–Crippen LogP) is 0.588. The van der Waals surface area contributed by atoms with E-state index in [0.717, 1.165) is 12.8 Å². The van der Waals surface area contributed by atoms with Crippen molar-refractivity contribution < 1.29 is 24.2 Å². The average molecular weight is 272 g/mol. The fourth-order valence-electron chi connectivity index (χ4n) is 1.68. The number of methoxy groups -OCH3 is 1. The van der Waals surface area contributed by atoms with Crippen molar-refractivity contribution >= 4 is 17.9 Å². The van der Waals surface area contributed by atoms with E-state index in [2.05, 4.69) is 5.32 Å². The van der Waals surface area contributed by atoms with Crippen molar-refractivity contribution in [2.24, 2.45) is 0 Å². The quantitative estimate of drug-likeness (QED) is 0.674. The molecule has 1 rings (SSSR count). The van der Waals surface area contributed by atoms with E-state index in [0.29, 0.717) is 13.2 Å². The van der Waals surface area contributed by atoms with Crippen LogP contribution in [0.1, 0.15) is 32.1 Å². The number of urea groups is 1. The number of imide groups is 1. The van der Waals surface area contributed by atoms with Gasteiger partial charge in [0.1, 0.15) is 0 Å². The summed E-state index contributed by atoms with van der Waals surface area (Å²) < 4.78 is 4.92. The van der Waals surface area contributed by atoms with Crippen molar-refractivity contribution in [3.63, 3.8) is 0 Å². The number of carbonyl (C=O) groups excluding carboxylic acids is 2. The van der Waals surface area contributed by atoms with Crippen molar-refractivity contribution in [3.8, 4) is 0 Å². The molecule has 7 nitrogen and oxygen atoms in total. The van der Waals surface area contributed by atoms with Crippen LogP contribution in [-0.2, 0) is 14.3 Å². The van der Waals surface area contributed by atoms with Crippen LogP contribution in [0.5, 0.6) is 0 Å². The number of ether oxygens (including phenoxy) is 1. The van der Waals surface area contributed by atoms with Gasteiger partial charge in [-0.1, -0.05) is 0 Å². The Bertz CT molecular complexity index is 341. The lowest BCUT2D eigenvalue weighted by Crippen LogP contribution is -2.45. The number of carboxylic acid groups (broad SMARTS) is 1. The van der Waals surface area contributed by atoms with Crippen LogP contribution in [-0.4, -0.2) is 54.2 Å². The minimum Gasteiger partial charge on any atom is -0.481 e. The van der Waals surface area contributed by atoms with E-state index >= 15 is 0 Å². The lowest BCUT2D eigenvalue weighted by atomic mass is 10.2. The van der Waals surface area contributed by atoms with Gasteiger partial charge in [0.2, 0.25) is 5.91 Å². The topological polar surface area (TPSA) is 95.9 Å². The zero-order valence-corrected chi connectivity index (χ0v) is 11.1. The van der Waals surface area contributed by atoms with Crippen molar-refractivity contribution in [1.29, 1.82) is 0 Å². The summed E-state index contributed by atoms with van der Waals surface area (Å²) in [6.45, 7) is 0.881. The summed E-state index contributed by atoms with van der Waals surface area (Å²) in [6.07, 6.45) is 2.10. The van der Waals surface area contributed by atoms with Crippen molar-refractivity contribution in [3.05, 3.63) is 0 Å². The van der Waals surface area contributed by atoms with Gasteiger partial charge in [-0.25, -0.2) is 4.79 Å². The molecule has 19 heavy (non-hydrogen) atoms. The Balaban J connectivity index is 2.30. The number of carbonyl (C=O) groups is 3. The van der Waals surface area contributed by atoms with E-state index in [4.69, 9.17) is 9.84 Å². The van der Waals surface area contributed by atoms with Crippen molar-refractivity contribution in [2.45, 2.75) is 38.1 Å². The third kappa shape index (κ3) is 6.19. The largest absolute Gasteiger partial charge is 0.481 e. The molecule has 0 heterocycles. The number of hydrogen-bond donors (Lipinski definition) is 2. The van der Waals surface area contributed by atoms with E-state index in [1.165, 1.54) is 0 Å². The number of nitrogens with one attached hydrogen (secondary N) is 1. The smallest absolute Gasteiger partial charge is 0.324 e. The van der Waals surface area contributed by atoms with E-state index < -0.39 is 17.9 Å². The first-order valence-electron chi connectivity index (χ1n) is 6.35. The van der Waals surface area contributed by atoms with E-state index in [1.54, 1.807) is 12.0 Å². The van der Waals surface area contributed by atoms with Gasteiger partial charge in [0.25, 0.3) is 0 Å². The fourth-order valence-corrected chi connectivity index (χ4v) is 1.68. The van der Waals surface area contributed by atoms with Crippen molar-refractivity contribution in [1.82, 2.24) is 10.2 Å². The van der Waals surface area contributed by atoms with Gasteiger partial charge in [-0.15, -0.1) is 0 Å². The van der Waals surface area contributed by atoms with Crippen LogP contribution in [0.3, 0.4) is 0 Å². The summed E-state index contributed by atoms with van der Waals surface area (Å²) in [7, 11) is 1.56. The predicted molar refractivity (Wildman–Crippen MR) is 66.6 cm³/mol. The summed E-state index contributed by atoms with van der Waals surface area (Å²) in [5, 5.41) is 10.7. The molecule has 2 N–H and O–H groups in total. The highest BCUT2D eigenvalue weighted by Gasteiger charge is 2.32. The number of hydrogen-bond acceptors (Lipinski definition) is 4. The number of rotatable bonds is 8. The highest BCUT2D eigenvalue weighted by atomic mass is 16.5. The lowest BCUT2D eigenvalue weighted by Gasteiger charge is -2.21. The lowest BCUT2D eigenvalue weighted by molar-refractivity contribution is -0.137. The second-order valence-electron chi connectivity index (χ2n) is 4.52. The third-order valence-corrected chi connectivity index (χ3v) is 2.83. The Morgan fingerprint density at radius 1 is 1.32 bits per heavy atom. The molecule has 0 aromatic carbocycles. The zero-order valence-electron chi connectivity index (χ0n) is 11.1. The number of carboxylic acids is 1. The Kier molecular flexibility index (Phi) is 6.27. The summed E-state index contributed by atoms with van der Waals surface area (Å²) in [6, 6.07) is -0.221. The van der Waals surface area contributed by atoms with Gasteiger partial charge in [-0.05, 0) is 19.3 Å². The molecule has 0 spiro atoms. The molecule has 0 bridgehead atoms. The molecule has 0 aromatic heterocycles. The van der Waals surface area contributed by atoms with Crippen LogP contribution < -0.4 is 5.32 Å². The zero-order chi connectivity index (χ0) is 14.3. The van der Waals surface area contributed by atoms with Gasteiger partial charge >= 0.3 is 12.0 Å². The SMILES string of the molecule is COCCN(C(=O)NC(=O)CCCC(=O)O)C1CC1. The fraction of sp³-hybridized carbons (Fsp3) is 0.750. The number of nitrogens with zero attached hydrogens (tertiary/aromatic N) is 1. The van der Waals surface area contributed by atoms with Gasteiger partial charge in [0.15, 0.2) is 0 Å². The van der Waals surface area contributed by atoms with E-state index in [9.17, 15) is 14.4 Å². The molecule has 1 saturated carbocycles. The van der Waals surface area contributed by atoms with E-state index in [1.807, 2.05) is 0 Å². The molecule has 1 aliphatic carbocycles. The Morgan fingerprint density at radius 3 is 2.53 bits per heavy atom. The summed E-state index contributed by atoms with van der Waals surface area (Å²) in [5.41, 5.74) is 0. The molecule has 0 atom stereocenters. The van der Waals surface area contributed by atoms with Gasteiger partial charge in [-0.3, -0.25) is 14.9 Å². The summed E-state index contributed by atoms with van der Waals surface area (Å²) in [4.78, 5) is 35.2. The molecule has 0 unspecified atom stereocenters. The van der Waals surface area contributed by atoms with Crippen LogP contribution in [0.4, 0.5) is 4.79 Å². The molecule has 108 valence electrons. The Hall–Kier alpha value is -1.63. The van der Waals surface area contributed by atoms with Gasteiger partial charge in [-0.2, -0.15) is 0 Å². The Morgan fingerprint density at radius 2 is 2.00 bits per heavy atom. The monoisotopic (exact) mass is 272 g/mol. The highest BCUT2D eigenvalue weighted by molar-refractivity contribution is 5.94. The third-order valence-electron chi connectivity index (χ3n) is 2.83. The minimum atomic E-state index is -0.946. The molecular formula is C12H20N2O5. The second kappa shape index (κ2) is 7.73. The first kappa shape index (κ1) is 15.4. The Labute approximate surface area is 111 Å². The molecule has 0 aromatic rings. The maximum absolute atomic E-state index is 11.9. The average Bonchev–Trinajstić information content (AvgIpc) is 3.13. The first-order valence-corrected chi connectivity index (χ1v) is 6.35. The minimum absolute atomic E-state index is 0.0425. The molecule has 7 heteroatoms. The molecule has 0 radical (unpaired) electrons. The number of aliphatic carboxylic acids is 1. The maximum atomic E-state index is 11.9. The van der Waals surface area contributed by atoms with E-state index in [-0.39, 0.29) is 25.3 Å². The first-order chi connectivity index (χ1) is 9.04. The summed E-state index contributed by atoms with van der Waals surface area (Å²) >= 11 is 0. The highest BCUT2D eigenvalue weighted by Crippen LogP contribution is 2.26. The van der Waals surface area contributed by atoms with Crippen LogP contribution >= 0.6 is 0 Å². The van der Waals surface area contributed by atoms with Gasteiger partial charge < -0.3 is 14.7 Å². The maximum Gasteiger partial charge on any atom is 0.324 e. The molecule has 3 amide bonds. The van der Waals surface area contributed by atoms with Crippen LogP contribution in [0.25, 0.3) is 0 Å². The standard InChI is InChI=1S/C12H20N2O5/c1-19-8-7-14(9-5-6-9)12(18)13-10(15)3-2-4-11(16)17/h9H,2-8H2,1H3,(H,16,17)(H,13,15,18). The molecule has 0 saturated heterocycles. The van der Waals surface area contributed by atoms with Crippen LogP contribution in [0, 0.1) is 0 Å². The van der Waals surface area contributed by atoms with Crippen LogP contribution in [0.15, 0.2) is 0 Å². The summed E-state index contributed by atoms with van der Waals surface area (Å²) in [5.74, 6) is -1.38. The van der Waals surface area contributed by atoms with Gasteiger partial charge in [0, 0.05) is 32.5 Å². The van der Waals surface area contributed by atoms with Crippen LogP contribution in [0.2, 0.25) is 0 Å². The van der Waals surface area contributed by atoms with Gasteiger partial charge in [0.05, 0.1) is 6.61 Å².